The van der Waals surface area contributed by atoms with Crippen LogP contribution in [0.4, 0.5) is 0 Å². The second-order valence-electron chi connectivity index (χ2n) is 6.61. The molecule has 0 saturated carbocycles. The van der Waals surface area contributed by atoms with Crippen molar-refractivity contribution in [3.05, 3.63) is 74.2 Å². The van der Waals surface area contributed by atoms with Crippen molar-refractivity contribution in [2.24, 2.45) is 0 Å². The van der Waals surface area contributed by atoms with Crippen molar-refractivity contribution in [2.75, 3.05) is 0 Å². The number of halogens is 1. The Morgan fingerprint density at radius 1 is 1.18 bits per heavy atom. The van der Waals surface area contributed by atoms with Crippen LogP contribution < -0.4 is 5.69 Å². The molecule has 140 valence electrons. The summed E-state index contributed by atoms with van der Waals surface area (Å²) in [7, 11) is 0. The predicted molar refractivity (Wildman–Crippen MR) is 110 cm³/mol. The highest BCUT2D eigenvalue weighted by Crippen LogP contribution is 2.32. The third kappa shape index (κ3) is 2.58. The third-order valence-electron chi connectivity index (χ3n) is 4.85. The number of nitrogens with zero attached hydrogens (tertiary/aromatic N) is 4. The summed E-state index contributed by atoms with van der Waals surface area (Å²) in [5, 5.41) is 6.04. The Hall–Kier alpha value is -2.90. The van der Waals surface area contributed by atoms with Crippen LogP contribution in [0.1, 0.15) is 16.0 Å². The van der Waals surface area contributed by atoms with E-state index in [9.17, 15) is 4.79 Å². The zero-order valence-electron chi connectivity index (χ0n) is 15.1. The molecule has 0 radical (unpaired) electrons. The van der Waals surface area contributed by atoms with Gasteiger partial charge in [-0.3, -0.25) is 4.57 Å². The van der Waals surface area contributed by atoms with E-state index in [1.54, 1.807) is 34.3 Å². The van der Waals surface area contributed by atoms with Crippen LogP contribution in [0.25, 0.3) is 27.4 Å². The van der Waals surface area contributed by atoms with Gasteiger partial charge in [-0.25, -0.2) is 9.78 Å². The standard InChI is InChI=1S/C20H15ClN4O2S/c1-11-12(2)28-19-16(11)18-22-17(15-4-3-9-27-15)23-25(18)20(26)24(19)10-13-5-7-14(21)8-6-13/h3-9H,10H2,1-2H3. The first kappa shape index (κ1) is 17.2. The van der Waals surface area contributed by atoms with Crippen molar-refractivity contribution in [2.45, 2.75) is 20.4 Å². The molecule has 0 amide bonds. The van der Waals surface area contributed by atoms with Crippen LogP contribution >= 0.6 is 22.9 Å². The molecule has 0 N–H and O–H groups in total. The molecule has 0 saturated heterocycles. The molecule has 0 unspecified atom stereocenters. The van der Waals surface area contributed by atoms with Gasteiger partial charge in [0, 0.05) is 9.90 Å². The first-order valence-corrected chi connectivity index (χ1v) is 9.90. The average Bonchev–Trinajstić information content (AvgIpc) is 3.40. The summed E-state index contributed by atoms with van der Waals surface area (Å²) in [6.45, 7) is 4.53. The van der Waals surface area contributed by atoms with E-state index in [0.29, 0.717) is 28.8 Å². The topological polar surface area (TPSA) is 65.3 Å². The van der Waals surface area contributed by atoms with Crippen molar-refractivity contribution in [1.29, 1.82) is 0 Å². The highest BCUT2D eigenvalue weighted by molar-refractivity contribution is 7.19. The van der Waals surface area contributed by atoms with Crippen LogP contribution in [0.3, 0.4) is 0 Å². The van der Waals surface area contributed by atoms with Crippen LogP contribution in [-0.2, 0) is 6.54 Å². The maximum absolute atomic E-state index is 13.3. The van der Waals surface area contributed by atoms with E-state index in [2.05, 4.69) is 17.0 Å². The summed E-state index contributed by atoms with van der Waals surface area (Å²) in [6, 6.07) is 11.1. The molecule has 5 aromatic rings. The van der Waals surface area contributed by atoms with Crippen LogP contribution in [-0.4, -0.2) is 19.2 Å². The van der Waals surface area contributed by atoms with E-state index >= 15 is 0 Å². The fourth-order valence-corrected chi connectivity index (χ4v) is 4.56. The Bertz CT molecular complexity index is 1380. The molecule has 0 aliphatic heterocycles. The zero-order valence-corrected chi connectivity index (χ0v) is 16.7. The lowest BCUT2D eigenvalue weighted by Crippen LogP contribution is -2.27. The smallest absolute Gasteiger partial charge is 0.352 e. The second kappa shape index (κ2) is 6.32. The average molecular weight is 411 g/mol. The summed E-state index contributed by atoms with van der Waals surface area (Å²) in [4.78, 5) is 19.9. The lowest BCUT2D eigenvalue weighted by atomic mass is 10.2. The van der Waals surface area contributed by atoms with Crippen molar-refractivity contribution < 1.29 is 4.42 Å². The van der Waals surface area contributed by atoms with Crippen LogP contribution in [0.2, 0.25) is 5.02 Å². The molecule has 0 aliphatic carbocycles. The van der Waals surface area contributed by atoms with Gasteiger partial charge in [0.1, 0.15) is 4.83 Å². The number of fused-ring (bicyclic) bond motifs is 3. The summed E-state index contributed by atoms with van der Waals surface area (Å²) < 4.78 is 8.53. The van der Waals surface area contributed by atoms with Gasteiger partial charge < -0.3 is 4.42 Å². The number of benzene rings is 1. The number of aryl methyl sites for hydroxylation is 2. The molecular weight excluding hydrogens is 396 g/mol. The van der Waals surface area contributed by atoms with Crippen LogP contribution in [0.15, 0.2) is 51.9 Å². The molecule has 0 fully saturated rings. The van der Waals surface area contributed by atoms with Crippen molar-refractivity contribution in [1.82, 2.24) is 19.2 Å². The molecular formula is C20H15ClN4O2S. The van der Waals surface area contributed by atoms with E-state index < -0.39 is 0 Å². The van der Waals surface area contributed by atoms with E-state index in [1.165, 1.54) is 4.52 Å². The minimum Gasteiger partial charge on any atom is -0.461 e. The zero-order chi connectivity index (χ0) is 19.4. The van der Waals surface area contributed by atoms with E-state index in [-0.39, 0.29) is 5.69 Å². The van der Waals surface area contributed by atoms with Gasteiger partial charge in [0.05, 0.1) is 18.2 Å². The van der Waals surface area contributed by atoms with Crippen molar-refractivity contribution in [3.63, 3.8) is 0 Å². The summed E-state index contributed by atoms with van der Waals surface area (Å²) in [5.41, 5.74) is 2.42. The molecule has 0 aliphatic rings. The number of thiophene rings is 1. The van der Waals surface area contributed by atoms with Crippen molar-refractivity contribution in [3.8, 4) is 11.6 Å². The Kier molecular flexibility index (Phi) is 3.89. The Morgan fingerprint density at radius 2 is 1.96 bits per heavy atom. The third-order valence-corrected chi connectivity index (χ3v) is 6.33. The minimum absolute atomic E-state index is 0.232. The highest BCUT2D eigenvalue weighted by atomic mass is 35.5. The highest BCUT2D eigenvalue weighted by Gasteiger charge is 2.21. The Labute approximate surface area is 168 Å². The fraction of sp³-hybridized carbons (Fsp3) is 0.150. The number of aromatic nitrogens is 4. The quantitative estimate of drug-likeness (QED) is 0.433. The van der Waals surface area contributed by atoms with E-state index in [1.807, 2.05) is 31.2 Å². The molecule has 6 nitrogen and oxygen atoms in total. The van der Waals surface area contributed by atoms with E-state index in [4.69, 9.17) is 16.0 Å². The summed E-state index contributed by atoms with van der Waals surface area (Å²) >= 11 is 7.59. The van der Waals surface area contributed by atoms with Gasteiger partial charge in [0.2, 0.25) is 5.82 Å². The lowest BCUT2D eigenvalue weighted by Gasteiger charge is -2.08. The summed E-state index contributed by atoms with van der Waals surface area (Å²) in [6.07, 6.45) is 1.56. The molecule has 1 aromatic carbocycles. The number of hydrogen-bond donors (Lipinski definition) is 0. The molecule has 4 heterocycles. The molecule has 0 bridgehead atoms. The van der Waals surface area contributed by atoms with Gasteiger partial charge in [-0.1, -0.05) is 23.7 Å². The monoisotopic (exact) mass is 410 g/mol. The Balaban J connectivity index is 1.81. The number of hydrogen-bond acceptors (Lipinski definition) is 5. The van der Waals surface area contributed by atoms with Gasteiger partial charge in [-0.2, -0.15) is 4.52 Å². The largest absolute Gasteiger partial charge is 0.461 e. The molecule has 28 heavy (non-hydrogen) atoms. The van der Waals surface area contributed by atoms with Crippen molar-refractivity contribution >= 4 is 38.8 Å². The van der Waals surface area contributed by atoms with Gasteiger partial charge >= 0.3 is 5.69 Å². The summed E-state index contributed by atoms with van der Waals surface area (Å²) in [5.74, 6) is 0.931. The van der Waals surface area contributed by atoms with Gasteiger partial charge in [-0.05, 0) is 49.2 Å². The normalized spacial score (nSPS) is 11.7. The molecule has 5 rings (SSSR count). The number of rotatable bonds is 3. The van der Waals surface area contributed by atoms with Gasteiger partial charge in [0.15, 0.2) is 11.4 Å². The SMILES string of the molecule is Cc1sc2c(c1C)c1nc(-c3ccco3)nn1c(=O)n2Cc1ccc(Cl)cc1. The number of furan rings is 1. The molecule has 0 spiro atoms. The van der Waals surface area contributed by atoms with Gasteiger partial charge in [0.25, 0.3) is 0 Å². The maximum atomic E-state index is 13.3. The van der Waals surface area contributed by atoms with Crippen LogP contribution in [0, 0.1) is 13.8 Å². The molecule has 4 aromatic heterocycles. The molecule has 8 heteroatoms. The fourth-order valence-electron chi connectivity index (χ4n) is 3.29. The maximum Gasteiger partial charge on any atom is 0.352 e. The second-order valence-corrected chi connectivity index (χ2v) is 8.25. The lowest BCUT2D eigenvalue weighted by molar-refractivity contribution is 0.576. The van der Waals surface area contributed by atoms with Gasteiger partial charge in [-0.15, -0.1) is 16.4 Å². The predicted octanol–water partition coefficient (Wildman–Crippen LogP) is 4.68. The minimum atomic E-state index is -0.232. The van der Waals surface area contributed by atoms with E-state index in [0.717, 1.165) is 26.2 Å². The Morgan fingerprint density at radius 3 is 2.68 bits per heavy atom. The first-order valence-electron chi connectivity index (χ1n) is 8.70. The molecule has 0 atom stereocenters. The van der Waals surface area contributed by atoms with Crippen LogP contribution in [0.5, 0.6) is 0 Å². The first-order chi connectivity index (χ1) is 13.5.